The van der Waals surface area contributed by atoms with Crippen LogP contribution < -0.4 is 15.4 Å². The highest BCUT2D eigenvalue weighted by Crippen LogP contribution is 2.19. The number of nitrogens with one attached hydrogen (secondary N) is 3. The smallest absolute Gasteiger partial charge is 0.261 e. The van der Waals surface area contributed by atoms with Crippen LogP contribution in [0.5, 0.6) is 0 Å². The Morgan fingerprint density at radius 2 is 1.89 bits per heavy atom. The van der Waals surface area contributed by atoms with Gasteiger partial charge in [0.05, 0.1) is 4.90 Å². The summed E-state index contributed by atoms with van der Waals surface area (Å²) in [7, 11) is -3.78. The van der Waals surface area contributed by atoms with Crippen molar-refractivity contribution < 1.29 is 18.0 Å². The molecule has 142 valence electrons. The number of hydrogen-bond donors (Lipinski definition) is 3. The third-order valence-corrected chi connectivity index (χ3v) is 6.02. The minimum Gasteiger partial charge on any atom is -0.354 e. The summed E-state index contributed by atoms with van der Waals surface area (Å²) in [5.41, 5.74) is 0.531. The fourth-order valence-corrected chi connectivity index (χ4v) is 4.02. The van der Waals surface area contributed by atoms with Gasteiger partial charge in [0.1, 0.15) is 6.04 Å². The molecule has 2 aromatic rings. The van der Waals surface area contributed by atoms with Crippen molar-refractivity contribution in [3.8, 4) is 0 Å². The lowest BCUT2D eigenvalue weighted by atomic mass is 10.1. The fourth-order valence-electron chi connectivity index (χ4n) is 2.70. The lowest BCUT2D eigenvalue weighted by molar-refractivity contribution is -0.124. The Bertz CT molecular complexity index is 961. The Kier molecular flexibility index (Phi) is 5.81. The van der Waals surface area contributed by atoms with E-state index in [-0.39, 0.29) is 22.1 Å². The zero-order valence-electron chi connectivity index (χ0n) is 14.2. The Morgan fingerprint density at radius 1 is 1.15 bits per heavy atom. The lowest BCUT2D eigenvalue weighted by Gasteiger charge is -2.22. The molecule has 27 heavy (non-hydrogen) atoms. The van der Waals surface area contributed by atoms with Crippen molar-refractivity contribution in [1.29, 1.82) is 0 Å². The first-order valence-electron chi connectivity index (χ1n) is 8.32. The summed E-state index contributed by atoms with van der Waals surface area (Å²) >= 11 is 3.26. The average molecular weight is 452 g/mol. The minimum atomic E-state index is -3.78. The third kappa shape index (κ3) is 4.86. The summed E-state index contributed by atoms with van der Waals surface area (Å²) in [6.45, 7) is 0.610. The first kappa shape index (κ1) is 19.4. The van der Waals surface area contributed by atoms with Gasteiger partial charge in [-0.25, -0.2) is 8.42 Å². The van der Waals surface area contributed by atoms with Crippen LogP contribution in [0, 0.1) is 0 Å². The zero-order valence-corrected chi connectivity index (χ0v) is 16.6. The molecule has 3 rings (SSSR count). The summed E-state index contributed by atoms with van der Waals surface area (Å²) < 4.78 is 28.2. The Balaban J connectivity index is 1.74. The van der Waals surface area contributed by atoms with Crippen molar-refractivity contribution in [2.24, 2.45) is 0 Å². The van der Waals surface area contributed by atoms with Crippen molar-refractivity contribution in [3.05, 3.63) is 58.6 Å². The van der Waals surface area contributed by atoms with E-state index in [1.165, 1.54) is 18.2 Å². The molecule has 3 N–H and O–H groups in total. The molecule has 2 amide bonds. The van der Waals surface area contributed by atoms with Gasteiger partial charge < -0.3 is 10.6 Å². The van der Waals surface area contributed by atoms with Gasteiger partial charge in [-0.3, -0.25) is 14.3 Å². The molecule has 1 saturated heterocycles. The van der Waals surface area contributed by atoms with E-state index in [1.54, 1.807) is 30.3 Å². The van der Waals surface area contributed by atoms with Crippen LogP contribution in [-0.2, 0) is 14.8 Å². The predicted molar refractivity (Wildman–Crippen MR) is 105 cm³/mol. The standard InChI is InChI=1S/C18H18BrN3O4S/c19-13-6-8-15(9-7-13)27(25,26)22-14-4-1-3-12(11-14)17(23)21-16-5-2-10-20-18(16)24/h1,3-4,6-9,11,16,22H,2,5,10H2,(H,20,24)(H,21,23). The van der Waals surface area contributed by atoms with Gasteiger partial charge in [-0.05, 0) is 55.3 Å². The van der Waals surface area contributed by atoms with E-state index in [1.807, 2.05) is 0 Å². The van der Waals surface area contributed by atoms with Gasteiger partial charge in [-0.2, -0.15) is 0 Å². The van der Waals surface area contributed by atoms with Crippen LogP contribution >= 0.6 is 15.9 Å². The lowest BCUT2D eigenvalue weighted by Crippen LogP contribution is -2.50. The highest BCUT2D eigenvalue weighted by Gasteiger charge is 2.24. The number of hydrogen-bond acceptors (Lipinski definition) is 4. The molecular weight excluding hydrogens is 434 g/mol. The van der Waals surface area contributed by atoms with Gasteiger partial charge in [0.15, 0.2) is 0 Å². The summed E-state index contributed by atoms with van der Waals surface area (Å²) in [6, 6.07) is 11.8. The second-order valence-corrected chi connectivity index (χ2v) is 8.70. The van der Waals surface area contributed by atoms with Gasteiger partial charge in [0.2, 0.25) is 5.91 Å². The first-order valence-corrected chi connectivity index (χ1v) is 10.6. The van der Waals surface area contributed by atoms with E-state index in [4.69, 9.17) is 0 Å². The van der Waals surface area contributed by atoms with Gasteiger partial charge in [0, 0.05) is 22.3 Å². The monoisotopic (exact) mass is 451 g/mol. The fraction of sp³-hybridized carbons (Fsp3) is 0.222. The van der Waals surface area contributed by atoms with Crippen LogP contribution in [0.2, 0.25) is 0 Å². The van der Waals surface area contributed by atoms with Crippen LogP contribution in [0.25, 0.3) is 0 Å². The van der Waals surface area contributed by atoms with E-state index in [0.717, 1.165) is 10.9 Å². The molecular formula is C18H18BrN3O4S. The summed E-state index contributed by atoms with van der Waals surface area (Å²) in [5.74, 6) is -0.636. The Morgan fingerprint density at radius 3 is 2.59 bits per heavy atom. The summed E-state index contributed by atoms with van der Waals surface area (Å²) in [6.07, 6.45) is 1.37. The van der Waals surface area contributed by atoms with E-state index in [2.05, 4.69) is 31.3 Å². The average Bonchev–Trinajstić information content (AvgIpc) is 2.64. The number of benzene rings is 2. The number of halogens is 1. The SMILES string of the molecule is O=C(NC1CCCNC1=O)c1cccc(NS(=O)(=O)c2ccc(Br)cc2)c1. The molecule has 0 aliphatic carbocycles. The molecule has 1 aliphatic heterocycles. The predicted octanol–water partition coefficient (Wildman–Crippen LogP) is 2.26. The molecule has 0 aromatic heterocycles. The van der Waals surface area contributed by atoms with E-state index < -0.39 is 22.0 Å². The number of sulfonamides is 1. The van der Waals surface area contributed by atoms with Gasteiger partial charge in [-0.15, -0.1) is 0 Å². The summed E-state index contributed by atoms with van der Waals surface area (Å²) in [5, 5.41) is 5.38. The van der Waals surface area contributed by atoms with Gasteiger partial charge >= 0.3 is 0 Å². The number of anilines is 1. The van der Waals surface area contributed by atoms with Crippen LogP contribution in [0.3, 0.4) is 0 Å². The molecule has 7 nitrogen and oxygen atoms in total. The van der Waals surface area contributed by atoms with Crippen LogP contribution in [0.1, 0.15) is 23.2 Å². The summed E-state index contributed by atoms with van der Waals surface area (Å²) in [4.78, 5) is 24.3. The number of rotatable bonds is 5. The molecule has 2 aromatic carbocycles. The van der Waals surface area contributed by atoms with Gasteiger partial charge in [-0.1, -0.05) is 22.0 Å². The molecule has 1 heterocycles. The van der Waals surface area contributed by atoms with Crippen molar-refractivity contribution in [2.45, 2.75) is 23.8 Å². The number of piperidine rings is 1. The molecule has 0 radical (unpaired) electrons. The molecule has 1 aliphatic rings. The molecule has 9 heteroatoms. The van der Waals surface area contributed by atoms with E-state index in [9.17, 15) is 18.0 Å². The largest absolute Gasteiger partial charge is 0.354 e. The van der Waals surface area contributed by atoms with Crippen molar-refractivity contribution in [1.82, 2.24) is 10.6 Å². The second-order valence-electron chi connectivity index (χ2n) is 6.10. The quantitative estimate of drug-likeness (QED) is 0.648. The Labute approximate surface area is 165 Å². The maximum Gasteiger partial charge on any atom is 0.261 e. The molecule has 1 fully saturated rings. The molecule has 1 unspecified atom stereocenters. The van der Waals surface area contributed by atoms with Crippen LogP contribution in [-0.4, -0.2) is 32.8 Å². The maximum atomic E-state index is 12.5. The van der Waals surface area contributed by atoms with E-state index in [0.29, 0.717) is 13.0 Å². The topological polar surface area (TPSA) is 104 Å². The van der Waals surface area contributed by atoms with Crippen molar-refractivity contribution in [3.63, 3.8) is 0 Å². The van der Waals surface area contributed by atoms with E-state index >= 15 is 0 Å². The molecule has 1 atom stereocenters. The maximum absolute atomic E-state index is 12.5. The Hall–Kier alpha value is -2.39. The number of carbonyl (C=O) groups excluding carboxylic acids is 2. The van der Waals surface area contributed by atoms with Crippen LogP contribution in [0.15, 0.2) is 57.9 Å². The highest BCUT2D eigenvalue weighted by molar-refractivity contribution is 9.10. The molecule has 0 spiro atoms. The van der Waals surface area contributed by atoms with Crippen molar-refractivity contribution >= 4 is 43.5 Å². The number of carbonyl (C=O) groups is 2. The highest BCUT2D eigenvalue weighted by atomic mass is 79.9. The molecule has 0 saturated carbocycles. The molecule has 0 bridgehead atoms. The third-order valence-electron chi connectivity index (χ3n) is 4.09. The first-order chi connectivity index (χ1) is 12.8. The number of amides is 2. The zero-order chi connectivity index (χ0) is 19.4. The second kappa shape index (κ2) is 8.10. The normalized spacial score (nSPS) is 17.1. The van der Waals surface area contributed by atoms with Crippen LogP contribution in [0.4, 0.5) is 5.69 Å². The van der Waals surface area contributed by atoms with Crippen molar-refractivity contribution in [2.75, 3.05) is 11.3 Å². The van der Waals surface area contributed by atoms with Gasteiger partial charge in [0.25, 0.3) is 15.9 Å². The minimum absolute atomic E-state index is 0.111.